The molecular weight excluding hydrogens is 463 g/mol. The summed E-state index contributed by atoms with van der Waals surface area (Å²) >= 11 is 0. The minimum Gasteiger partial charge on any atom is -0.507 e. The van der Waals surface area contributed by atoms with Crippen LogP contribution in [0.2, 0.25) is 0 Å². The zero-order chi connectivity index (χ0) is 25.7. The van der Waals surface area contributed by atoms with Gasteiger partial charge >= 0.3 is 0 Å². The Kier molecular flexibility index (Phi) is 7.63. The van der Waals surface area contributed by atoms with E-state index >= 15 is 0 Å². The van der Waals surface area contributed by atoms with E-state index in [4.69, 9.17) is 9.47 Å². The molecule has 36 heavy (non-hydrogen) atoms. The number of unbranched alkanes of at least 4 members (excludes halogenated alkanes) is 1. The summed E-state index contributed by atoms with van der Waals surface area (Å²) in [5.74, 6) is -2.11. The lowest BCUT2D eigenvalue weighted by molar-refractivity contribution is -0.140. The fourth-order valence-corrected chi connectivity index (χ4v) is 4.13. The highest BCUT2D eigenvalue weighted by Gasteiger charge is 2.46. The van der Waals surface area contributed by atoms with Gasteiger partial charge in [-0.05, 0) is 53.9 Å². The number of rotatable bonds is 9. The number of aliphatic hydroxyl groups is 1. The molecule has 3 aromatic rings. The molecule has 1 amide bonds. The minimum atomic E-state index is -0.889. The molecule has 0 aliphatic carbocycles. The first-order valence-corrected chi connectivity index (χ1v) is 11.7. The van der Waals surface area contributed by atoms with Crippen LogP contribution in [0.3, 0.4) is 0 Å². The van der Waals surface area contributed by atoms with Crippen LogP contribution < -0.4 is 9.47 Å². The topological polar surface area (TPSA) is 89.0 Å². The molecule has 1 aromatic heterocycles. The molecular formula is C28H27FN2O5. The van der Waals surface area contributed by atoms with Crippen molar-refractivity contribution in [1.29, 1.82) is 0 Å². The van der Waals surface area contributed by atoms with Crippen molar-refractivity contribution in [2.24, 2.45) is 0 Å². The molecule has 0 saturated carbocycles. The van der Waals surface area contributed by atoms with Crippen molar-refractivity contribution in [3.8, 4) is 11.5 Å². The zero-order valence-corrected chi connectivity index (χ0v) is 20.1. The fraction of sp³-hybridized carbons (Fsp3) is 0.250. The van der Waals surface area contributed by atoms with E-state index in [1.54, 1.807) is 48.8 Å². The van der Waals surface area contributed by atoms with E-state index < -0.39 is 29.3 Å². The number of methoxy groups -OCH3 is 1. The van der Waals surface area contributed by atoms with Crippen LogP contribution in [0.4, 0.5) is 4.39 Å². The molecule has 7 nitrogen and oxygen atoms in total. The number of benzene rings is 2. The predicted molar refractivity (Wildman–Crippen MR) is 132 cm³/mol. The highest BCUT2D eigenvalue weighted by atomic mass is 19.1. The Morgan fingerprint density at radius 3 is 2.56 bits per heavy atom. The van der Waals surface area contributed by atoms with Crippen molar-refractivity contribution in [1.82, 2.24) is 9.88 Å². The third kappa shape index (κ3) is 5.07. The lowest BCUT2D eigenvalue weighted by Crippen LogP contribution is -2.29. The Balaban J connectivity index is 1.78. The molecule has 186 valence electrons. The van der Waals surface area contributed by atoms with Gasteiger partial charge in [0.15, 0.2) is 11.6 Å². The molecule has 1 saturated heterocycles. The summed E-state index contributed by atoms with van der Waals surface area (Å²) in [6.45, 7) is 2.76. The monoisotopic (exact) mass is 490 g/mol. The Morgan fingerprint density at radius 1 is 1.14 bits per heavy atom. The second-order valence-corrected chi connectivity index (χ2v) is 8.41. The molecule has 1 unspecified atom stereocenters. The number of halogens is 1. The zero-order valence-electron chi connectivity index (χ0n) is 20.1. The summed E-state index contributed by atoms with van der Waals surface area (Å²) in [6.07, 6.45) is 5.16. The number of Topliss-reactive ketones (excluding diaryl/α,β-unsaturated/α-hetero) is 1. The summed E-state index contributed by atoms with van der Waals surface area (Å²) < 4.78 is 25.1. The molecule has 1 fully saturated rings. The van der Waals surface area contributed by atoms with Gasteiger partial charge in [-0.2, -0.15) is 0 Å². The van der Waals surface area contributed by atoms with Crippen molar-refractivity contribution in [3.05, 3.63) is 95.1 Å². The number of carbonyl (C=O) groups is 2. The summed E-state index contributed by atoms with van der Waals surface area (Å²) in [4.78, 5) is 31.8. The van der Waals surface area contributed by atoms with E-state index in [2.05, 4.69) is 11.9 Å². The van der Waals surface area contributed by atoms with E-state index in [-0.39, 0.29) is 23.4 Å². The predicted octanol–water partition coefficient (Wildman–Crippen LogP) is 5.03. The molecule has 0 bridgehead atoms. The van der Waals surface area contributed by atoms with E-state index in [1.807, 2.05) is 0 Å². The van der Waals surface area contributed by atoms with Gasteiger partial charge in [-0.25, -0.2) is 4.39 Å². The van der Waals surface area contributed by atoms with Crippen LogP contribution in [0.5, 0.6) is 11.5 Å². The highest BCUT2D eigenvalue weighted by Crippen LogP contribution is 2.41. The van der Waals surface area contributed by atoms with Crippen LogP contribution in [-0.2, 0) is 16.1 Å². The van der Waals surface area contributed by atoms with Crippen LogP contribution in [-0.4, -0.2) is 40.4 Å². The third-order valence-electron chi connectivity index (χ3n) is 6.00. The van der Waals surface area contributed by atoms with Gasteiger partial charge < -0.3 is 19.5 Å². The lowest BCUT2D eigenvalue weighted by atomic mass is 9.95. The van der Waals surface area contributed by atoms with Gasteiger partial charge in [-0.15, -0.1) is 0 Å². The average molecular weight is 491 g/mol. The molecule has 1 aliphatic rings. The largest absolute Gasteiger partial charge is 0.507 e. The Morgan fingerprint density at radius 2 is 1.92 bits per heavy atom. The van der Waals surface area contributed by atoms with Gasteiger partial charge in [0.05, 0.1) is 25.3 Å². The lowest BCUT2D eigenvalue weighted by Gasteiger charge is -2.25. The van der Waals surface area contributed by atoms with Crippen molar-refractivity contribution >= 4 is 17.4 Å². The standard InChI is InChI=1S/C28H27FN2O5/c1-3-4-14-36-21-10-7-19(8-11-21)25-24(26(32)20-9-12-23(35-2)22(29)15-20)27(33)28(34)31(25)17-18-6-5-13-30-16-18/h5-13,15-16,25,32H,3-4,14,17H2,1-2H3. The molecule has 8 heteroatoms. The van der Waals surface area contributed by atoms with E-state index in [0.717, 1.165) is 24.5 Å². The van der Waals surface area contributed by atoms with Gasteiger partial charge in [-0.1, -0.05) is 31.5 Å². The molecule has 2 heterocycles. The highest BCUT2D eigenvalue weighted by molar-refractivity contribution is 6.46. The van der Waals surface area contributed by atoms with Crippen LogP contribution >= 0.6 is 0 Å². The number of ketones is 1. The first-order chi connectivity index (χ1) is 17.4. The van der Waals surface area contributed by atoms with Crippen LogP contribution in [0.15, 0.2) is 72.6 Å². The average Bonchev–Trinajstić information content (AvgIpc) is 3.14. The number of likely N-dealkylation sites (tertiary alicyclic amines) is 1. The summed E-state index contributed by atoms with van der Waals surface area (Å²) in [7, 11) is 1.33. The number of amides is 1. The van der Waals surface area contributed by atoms with E-state index in [1.165, 1.54) is 24.1 Å². The maximum absolute atomic E-state index is 14.4. The van der Waals surface area contributed by atoms with Crippen LogP contribution in [0.25, 0.3) is 5.76 Å². The number of pyridine rings is 1. The molecule has 0 radical (unpaired) electrons. The van der Waals surface area contributed by atoms with E-state index in [0.29, 0.717) is 17.9 Å². The Hall–Kier alpha value is -4.20. The van der Waals surface area contributed by atoms with Gasteiger partial charge in [0.2, 0.25) is 0 Å². The number of aliphatic hydroxyl groups excluding tert-OH is 1. The first-order valence-electron chi connectivity index (χ1n) is 11.7. The van der Waals surface area contributed by atoms with Crippen molar-refractivity contribution < 1.29 is 28.6 Å². The quantitative estimate of drug-likeness (QED) is 0.196. The van der Waals surface area contributed by atoms with Gasteiger partial charge in [-0.3, -0.25) is 14.6 Å². The van der Waals surface area contributed by atoms with Crippen molar-refractivity contribution in [3.63, 3.8) is 0 Å². The molecule has 1 N–H and O–H groups in total. The molecule has 2 aromatic carbocycles. The minimum absolute atomic E-state index is 0.00112. The van der Waals surface area contributed by atoms with Crippen LogP contribution in [0, 0.1) is 5.82 Å². The Labute approximate surface area is 208 Å². The second-order valence-electron chi connectivity index (χ2n) is 8.41. The third-order valence-corrected chi connectivity index (χ3v) is 6.00. The molecule has 0 spiro atoms. The molecule has 1 aliphatic heterocycles. The second kappa shape index (κ2) is 11.0. The maximum Gasteiger partial charge on any atom is 0.295 e. The SMILES string of the molecule is CCCCOc1ccc(C2C(=C(O)c3ccc(OC)c(F)c3)C(=O)C(=O)N2Cc2cccnc2)cc1. The number of nitrogens with zero attached hydrogens (tertiary/aromatic N) is 2. The summed E-state index contributed by atoms with van der Waals surface area (Å²) in [5.41, 5.74) is 1.28. The van der Waals surface area contributed by atoms with Crippen LogP contribution in [0.1, 0.15) is 42.5 Å². The summed E-state index contributed by atoms with van der Waals surface area (Å²) in [5, 5.41) is 11.1. The maximum atomic E-state index is 14.4. The van der Waals surface area contributed by atoms with Gasteiger partial charge in [0.1, 0.15) is 11.5 Å². The summed E-state index contributed by atoms with van der Waals surface area (Å²) in [6, 6.07) is 13.6. The fourth-order valence-electron chi connectivity index (χ4n) is 4.13. The molecule has 1 atom stereocenters. The Bertz CT molecular complexity index is 1270. The van der Waals surface area contributed by atoms with Crippen molar-refractivity contribution in [2.45, 2.75) is 32.4 Å². The number of carbonyl (C=O) groups excluding carboxylic acids is 2. The normalized spacial score (nSPS) is 16.9. The smallest absolute Gasteiger partial charge is 0.295 e. The van der Waals surface area contributed by atoms with Crippen molar-refractivity contribution in [2.75, 3.05) is 13.7 Å². The van der Waals surface area contributed by atoms with E-state index in [9.17, 15) is 19.1 Å². The number of ether oxygens (including phenoxy) is 2. The van der Waals surface area contributed by atoms with Gasteiger partial charge in [0, 0.05) is 24.5 Å². The first kappa shape index (κ1) is 24.9. The number of hydrogen-bond donors (Lipinski definition) is 1. The number of aromatic nitrogens is 1. The molecule has 4 rings (SSSR count). The number of hydrogen-bond acceptors (Lipinski definition) is 6. The van der Waals surface area contributed by atoms with Gasteiger partial charge in [0.25, 0.3) is 11.7 Å².